The number of hydrogen-bond acceptors (Lipinski definition) is 7. The van der Waals surface area contributed by atoms with Crippen molar-refractivity contribution in [1.82, 2.24) is 0 Å². The van der Waals surface area contributed by atoms with E-state index in [-0.39, 0.29) is 13.2 Å². The number of thiophene rings is 1. The zero-order valence-electron chi connectivity index (χ0n) is 17.2. The van der Waals surface area contributed by atoms with E-state index in [9.17, 15) is 9.59 Å². The molecule has 0 saturated carbocycles. The van der Waals surface area contributed by atoms with Gasteiger partial charge in [-0.2, -0.15) is 0 Å². The predicted molar refractivity (Wildman–Crippen MR) is 121 cm³/mol. The van der Waals surface area contributed by atoms with Gasteiger partial charge >= 0.3 is 5.97 Å². The van der Waals surface area contributed by atoms with Gasteiger partial charge in [0.2, 0.25) is 0 Å². The second kappa shape index (κ2) is 10.9. The maximum Gasteiger partial charge on any atom is 0.350 e. The Morgan fingerprint density at radius 3 is 2.52 bits per heavy atom. The molecule has 0 unspecified atom stereocenters. The number of hydrogen-bond donors (Lipinski definition) is 1. The number of carbonyl (C=O) groups excluding carboxylic acids is 2. The van der Waals surface area contributed by atoms with Crippen molar-refractivity contribution in [1.29, 1.82) is 0 Å². The minimum Gasteiger partial charge on any atom is -0.497 e. The zero-order valence-corrected chi connectivity index (χ0v) is 18.0. The Bertz CT molecular complexity index is 1050. The molecule has 160 valence electrons. The van der Waals surface area contributed by atoms with E-state index in [4.69, 9.17) is 14.3 Å². The van der Waals surface area contributed by atoms with Crippen LogP contribution in [0, 0.1) is 0 Å². The second-order valence-corrected chi connectivity index (χ2v) is 7.32. The molecular weight excluding hydrogens is 416 g/mol. The van der Waals surface area contributed by atoms with Gasteiger partial charge in [0.1, 0.15) is 10.6 Å². The van der Waals surface area contributed by atoms with Crippen LogP contribution >= 0.6 is 11.3 Å². The highest BCUT2D eigenvalue weighted by Crippen LogP contribution is 2.35. The molecule has 31 heavy (non-hydrogen) atoms. The number of nitrogens with one attached hydrogen (secondary N) is 1. The average Bonchev–Trinajstić information content (AvgIpc) is 3.22. The molecule has 1 N–H and O–H groups in total. The molecule has 2 aromatic carbocycles. The lowest BCUT2D eigenvalue weighted by Gasteiger charge is -2.05. The zero-order chi connectivity index (χ0) is 22.1. The first-order valence-corrected chi connectivity index (χ1v) is 10.4. The summed E-state index contributed by atoms with van der Waals surface area (Å²) in [5.74, 6) is -0.182. The van der Waals surface area contributed by atoms with Gasteiger partial charge in [-0.3, -0.25) is 4.79 Å². The van der Waals surface area contributed by atoms with E-state index in [1.54, 1.807) is 32.2 Å². The largest absolute Gasteiger partial charge is 0.497 e. The minimum atomic E-state index is -0.483. The average molecular weight is 439 g/mol. The van der Waals surface area contributed by atoms with Crippen molar-refractivity contribution < 1.29 is 23.9 Å². The van der Waals surface area contributed by atoms with Gasteiger partial charge in [0.25, 0.3) is 5.91 Å². The third-order valence-corrected chi connectivity index (χ3v) is 5.28. The number of ether oxygens (including phenoxy) is 2. The van der Waals surface area contributed by atoms with E-state index in [1.165, 1.54) is 17.6 Å². The summed E-state index contributed by atoms with van der Waals surface area (Å²) in [7, 11) is 1.59. The van der Waals surface area contributed by atoms with Gasteiger partial charge in [-0.1, -0.05) is 35.5 Å². The summed E-state index contributed by atoms with van der Waals surface area (Å²) >= 11 is 1.26. The van der Waals surface area contributed by atoms with Crippen LogP contribution < -0.4 is 10.1 Å². The summed E-state index contributed by atoms with van der Waals surface area (Å²) in [6, 6.07) is 18.6. The monoisotopic (exact) mass is 438 g/mol. The molecule has 0 aliphatic heterocycles. The van der Waals surface area contributed by atoms with Crippen LogP contribution in [0.15, 0.2) is 65.8 Å². The molecule has 0 aliphatic carbocycles. The van der Waals surface area contributed by atoms with Gasteiger partial charge < -0.3 is 19.6 Å². The molecule has 0 bridgehead atoms. The molecule has 0 radical (unpaired) electrons. The van der Waals surface area contributed by atoms with Crippen molar-refractivity contribution >= 4 is 35.1 Å². The normalized spacial score (nSPS) is 10.6. The van der Waals surface area contributed by atoms with Crippen molar-refractivity contribution in [3.63, 3.8) is 0 Å². The third-order valence-electron chi connectivity index (χ3n) is 4.11. The van der Waals surface area contributed by atoms with Crippen LogP contribution in [0.25, 0.3) is 10.4 Å². The van der Waals surface area contributed by atoms with Gasteiger partial charge in [-0.05, 0) is 48.4 Å². The highest BCUT2D eigenvalue weighted by Gasteiger charge is 2.20. The molecule has 0 saturated heterocycles. The number of esters is 1. The summed E-state index contributed by atoms with van der Waals surface area (Å²) < 4.78 is 10.2. The summed E-state index contributed by atoms with van der Waals surface area (Å²) in [5, 5.41) is 6.51. The van der Waals surface area contributed by atoms with E-state index >= 15 is 0 Å². The Morgan fingerprint density at radius 2 is 1.84 bits per heavy atom. The van der Waals surface area contributed by atoms with E-state index in [0.717, 1.165) is 21.8 Å². The number of carbonyl (C=O) groups is 2. The standard InChI is InChI=1S/C23H22N2O5S/c1-3-29-23(27)22-19(13-20(31-22)17-7-5-4-6-8-17)25-21(26)15-30-24-14-16-9-11-18(28-2)12-10-16/h4-14H,3,15H2,1-2H3,(H,25,26)/b24-14+. The molecule has 3 rings (SSSR count). The molecule has 0 spiro atoms. The number of amides is 1. The smallest absolute Gasteiger partial charge is 0.350 e. The fourth-order valence-corrected chi connectivity index (χ4v) is 3.66. The number of benzene rings is 2. The van der Waals surface area contributed by atoms with Crippen molar-refractivity contribution in [3.05, 3.63) is 71.1 Å². The number of rotatable bonds is 9. The minimum absolute atomic E-state index is 0.244. The Morgan fingerprint density at radius 1 is 1.10 bits per heavy atom. The molecule has 1 heterocycles. The molecule has 8 heteroatoms. The van der Waals surface area contributed by atoms with Gasteiger partial charge in [-0.15, -0.1) is 11.3 Å². The van der Waals surface area contributed by atoms with Crippen LogP contribution in [-0.2, 0) is 14.4 Å². The van der Waals surface area contributed by atoms with E-state index in [2.05, 4.69) is 10.5 Å². The first-order valence-electron chi connectivity index (χ1n) is 9.56. The number of methoxy groups -OCH3 is 1. The quantitative estimate of drug-likeness (QED) is 0.300. The maximum absolute atomic E-state index is 12.3. The summed E-state index contributed by atoms with van der Waals surface area (Å²) in [4.78, 5) is 30.9. The van der Waals surface area contributed by atoms with Gasteiger partial charge in [-0.25, -0.2) is 4.79 Å². The number of anilines is 1. The Balaban J connectivity index is 1.64. The SMILES string of the molecule is CCOC(=O)c1sc(-c2ccccc2)cc1NC(=O)CO/N=C/c1ccc(OC)cc1. The van der Waals surface area contributed by atoms with Crippen LogP contribution in [0.3, 0.4) is 0 Å². The lowest BCUT2D eigenvalue weighted by Crippen LogP contribution is -2.18. The Labute approximate surface area is 184 Å². The van der Waals surface area contributed by atoms with Gasteiger partial charge in [0, 0.05) is 4.88 Å². The van der Waals surface area contributed by atoms with E-state index in [0.29, 0.717) is 10.6 Å². The highest BCUT2D eigenvalue weighted by molar-refractivity contribution is 7.18. The van der Waals surface area contributed by atoms with Crippen molar-refractivity contribution in [2.45, 2.75) is 6.92 Å². The van der Waals surface area contributed by atoms with Gasteiger partial charge in [0.15, 0.2) is 6.61 Å². The van der Waals surface area contributed by atoms with Crippen molar-refractivity contribution in [3.8, 4) is 16.2 Å². The molecule has 0 aliphatic rings. The topological polar surface area (TPSA) is 86.2 Å². The first-order chi connectivity index (χ1) is 15.1. The summed E-state index contributed by atoms with van der Waals surface area (Å²) in [5.41, 5.74) is 2.13. The predicted octanol–water partition coefficient (Wildman–Crippen LogP) is 4.59. The Kier molecular flexibility index (Phi) is 7.78. The highest BCUT2D eigenvalue weighted by atomic mass is 32.1. The first kappa shape index (κ1) is 22.0. The van der Waals surface area contributed by atoms with E-state index < -0.39 is 11.9 Å². The molecular formula is C23H22N2O5S. The number of oxime groups is 1. The fourth-order valence-electron chi connectivity index (χ4n) is 2.65. The van der Waals surface area contributed by atoms with Crippen LogP contribution in [0.5, 0.6) is 5.75 Å². The Hall–Kier alpha value is -3.65. The molecule has 1 amide bonds. The summed E-state index contributed by atoms with van der Waals surface area (Å²) in [6.45, 7) is 1.68. The summed E-state index contributed by atoms with van der Waals surface area (Å²) in [6.07, 6.45) is 1.49. The van der Waals surface area contributed by atoms with Crippen LogP contribution in [0.2, 0.25) is 0 Å². The van der Waals surface area contributed by atoms with Crippen LogP contribution in [0.4, 0.5) is 5.69 Å². The van der Waals surface area contributed by atoms with E-state index in [1.807, 2.05) is 42.5 Å². The fraction of sp³-hybridized carbons (Fsp3) is 0.174. The van der Waals surface area contributed by atoms with Crippen molar-refractivity contribution in [2.24, 2.45) is 5.16 Å². The molecule has 3 aromatic rings. The molecule has 7 nitrogen and oxygen atoms in total. The van der Waals surface area contributed by atoms with Crippen LogP contribution in [0.1, 0.15) is 22.2 Å². The maximum atomic E-state index is 12.3. The van der Waals surface area contributed by atoms with Crippen LogP contribution in [-0.4, -0.2) is 38.4 Å². The van der Waals surface area contributed by atoms with Crippen molar-refractivity contribution in [2.75, 3.05) is 25.6 Å². The second-order valence-electron chi connectivity index (χ2n) is 6.27. The molecule has 0 atom stereocenters. The molecule has 1 aromatic heterocycles. The number of nitrogens with zero attached hydrogens (tertiary/aromatic N) is 1. The lowest BCUT2D eigenvalue weighted by atomic mass is 10.2. The third kappa shape index (κ3) is 6.16. The molecule has 0 fully saturated rings. The lowest BCUT2D eigenvalue weighted by molar-refractivity contribution is -0.120. The van der Waals surface area contributed by atoms with Gasteiger partial charge in [0.05, 0.1) is 25.6 Å².